The highest BCUT2D eigenvalue weighted by atomic mass is 16.5. The van der Waals surface area contributed by atoms with Crippen molar-refractivity contribution in [3.8, 4) is 28.7 Å². The normalized spacial score (nSPS) is 10.7. The molecule has 0 aliphatic carbocycles. The number of anilines is 1. The number of benzene rings is 2. The molecule has 0 bridgehead atoms. The van der Waals surface area contributed by atoms with Gasteiger partial charge in [0.1, 0.15) is 28.7 Å². The van der Waals surface area contributed by atoms with Gasteiger partial charge in [0.25, 0.3) is 5.91 Å². The van der Waals surface area contributed by atoms with Crippen LogP contribution < -0.4 is 19.5 Å². The minimum Gasteiger partial charge on any atom is -0.497 e. The predicted octanol–water partition coefficient (Wildman–Crippen LogP) is 3.88. The molecule has 2 aromatic carbocycles. The van der Waals surface area contributed by atoms with E-state index in [1.807, 2.05) is 19.1 Å². The van der Waals surface area contributed by atoms with Crippen LogP contribution in [-0.4, -0.2) is 47.2 Å². The number of nitrogens with one attached hydrogen (secondary N) is 1. The number of amides is 1. The Morgan fingerprint density at radius 2 is 1.71 bits per heavy atom. The van der Waals surface area contributed by atoms with Crippen LogP contribution in [0.15, 0.2) is 46.9 Å². The molecule has 0 aliphatic rings. The van der Waals surface area contributed by atoms with Crippen molar-refractivity contribution in [2.45, 2.75) is 20.4 Å². The van der Waals surface area contributed by atoms with E-state index < -0.39 is 0 Å². The Bertz CT molecular complexity index is 1310. The monoisotopic (exact) mass is 463 g/mol. The number of nitrogens with zero attached hydrogens (tertiary/aromatic N) is 4. The summed E-state index contributed by atoms with van der Waals surface area (Å²) in [6, 6.07) is 12.4. The van der Waals surface area contributed by atoms with Crippen molar-refractivity contribution in [3.63, 3.8) is 0 Å². The smallest absolute Gasteiger partial charge is 0.278 e. The Morgan fingerprint density at radius 1 is 1.00 bits per heavy atom. The SMILES string of the molecule is COc1ccc(NC(=O)c2nnn(Cc3nc(-c4ccc(OC)cc4OC)oc3C)c2C)cc1. The Morgan fingerprint density at radius 3 is 2.38 bits per heavy atom. The van der Waals surface area contributed by atoms with Gasteiger partial charge in [0.15, 0.2) is 5.69 Å². The Balaban J connectivity index is 1.53. The van der Waals surface area contributed by atoms with Gasteiger partial charge in [-0.3, -0.25) is 4.79 Å². The summed E-state index contributed by atoms with van der Waals surface area (Å²) in [5, 5.41) is 11.0. The molecule has 1 N–H and O–H groups in total. The summed E-state index contributed by atoms with van der Waals surface area (Å²) in [6.07, 6.45) is 0. The molecule has 0 spiro atoms. The first kappa shape index (κ1) is 22.8. The minimum atomic E-state index is -0.352. The molecule has 0 atom stereocenters. The number of hydrogen-bond donors (Lipinski definition) is 1. The topological polar surface area (TPSA) is 114 Å². The van der Waals surface area contributed by atoms with Gasteiger partial charge in [-0.25, -0.2) is 9.67 Å². The van der Waals surface area contributed by atoms with Crippen molar-refractivity contribution in [2.75, 3.05) is 26.6 Å². The molecule has 1 amide bonds. The Labute approximate surface area is 196 Å². The first-order valence-corrected chi connectivity index (χ1v) is 10.5. The number of rotatable bonds is 8. The van der Waals surface area contributed by atoms with E-state index in [1.165, 1.54) is 0 Å². The number of carbonyl (C=O) groups is 1. The molecule has 0 unspecified atom stereocenters. The van der Waals surface area contributed by atoms with Gasteiger partial charge in [-0.1, -0.05) is 5.21 Å². The summed E-state index contributed by atoms with van der Waals surface area (Å²) >= 11 is 0. The van der Waals surface area contributed by atoms with E-state index in [0.29, 0.717) is 58.1 Å². The summed E-state index contributed by atoms with van der Waals surface area (Å²) in [7, 11) is 4.75. The van der Waals surface area contributed by atoms with Crippen molar-refractivity contribution in [2.24, 2.45) is 0 Å². The highest BCUT2D eigenvalue weighted by Crippen LogP contribution is 2.33. The van der Waals surface area contributed by atoms with Gasteiger partial charge in [-0.05, 0) is 50.2 Å². The number of carbonyl (C=O) groups excluding carboxylic acids is 1. The summed E-state index contributed by atoms with van der Waals surface area (Å²) in [4.78, 5) is 17.3. The lowest BCUT2D eigenvalue weighted by Crippen LogP contribution is -2.14. The fraction of sp³-hybridized carbons (Fsp3) is 0.250. The summed E-state index contributed by atoms with van der Waals surface area (Å²) in [5.74, 6) is 2.66. The Hall–Kier alpha value is -4.34. The van der Waals surface area contributed by atoms with Crippen LogP contribution in [0.3, 0.4) is 0 Å². The number of hydrogen-bond acceptors (Lipinski definition) is 8. The fourth-order valence-electron chi connectivity index (χ4n) is 3.39. The maximum Gasteiger partial charge on any atom is 0.278 e. The van der Waals surface area contributed by atoms with Crippen molar-refractivity contribution < 1.29 is 23.4 Å². The van der Waals surface area contributed by atoms with Crippen LogP contribution >= 0.6 is 0 Å². The molecule has 0 radical (unpaired) electrons. The molecule has 2 aromatic heterocycles. The third-order valence-corrected chi connectivity index (χ3v) is 5.38. The molecule has 10 heteroatoms. The Kier molecular flexibility index (Phi) is 6.48. The van der Waals surface area contributed by atoms with Gasteiger partial charge < -0.3 is 23.9 Å². The summed E-state index contributed by atoms with van der Waals surface area (Å²) < 4.78 is 23.4. The lowest BCUT2D eigenvalue weighted by atomic mass is 10.2. The standard InChI is InChI=1S/C24H25N5O5/c1-14-22(23(30)25-16-6-8-17(31-3)9-7-16)27-28-29(14)13-20-15(2)34-24(26-20)19-11-10-18(32-4)12-21(19)33-5/h6-12H,13H2,1-5H3,(H,25,30). The molecule has 10 nitrogen and oxygen atoms in total. The summed E-state index contributed by atoms with van der Waals surface area (Å²) in [5.41, 5.74) is 2.84. The third kappa shape index (κ3) is 4.56. The maximum absolute atomic E-state index is 12.7. The van der Waals surface area contributed by atoms with Gasteiger partial charge >= 0.3 is 0 Å². The zero-order chi connectivity index (χ0) is 24.2. The number of ether oxygens (including phenoxy) is 3. The van der Waals surface area contributed by atoms with E-state index >= 15 is 0 Å². The van der Waals surface area contributed by atoms with Gasteiger partial charge in [0, 0.05) is 11.8 Å². The molecule has 2 heterocycles. The molecule has 176 valence electrons. The number of oxazole rings is 1. The van der Waals surface area contributed by atoms with Crippen molar-refractivity contribution >= 4 is 11.6 Å². The second kappa shape index (κ2) is 9.65. The van der Waals surface area contributed by atoms with Crippen LogP contribution in [0.1, 0.15) is 27.6 Å². The van der Waals surface area contributed by atoms with Gasteiger partial charge in [0.05, 0.1) is 39.1 Å². The maximum atomic E-state index is 12.7. The molecule has 4 rings (SSSR count). The average molecular weight is 463 g/mol. The highest BCUT2D eigenvalue weighted by Gasteiger charge is 2.20. The molecular formula is C24H25N5O5. The third-order valence-electron chi connectivity index (χ3n) is 5.38. The average Bonchev–Trinajstić information content (AvgIpc) is 3.41. The van der Waals surface area contributed by atoms with Crippen molar-refractivity contribution in [3.05, 3.63) is 65.3 Å². The zero-order valence-electron chi connectivity index (χ0n) is 19.6. The number of aryl methyl sites for hydroxylation is 1. The molecule has 0 saturated heterocycles. The van der Waals surface area contributed by atoms with E-state index in [0.717, 1.165) is 0 Å². The molecule has 0 saturated carbocycles. The molecule has 4 aromatic rings. The lowest BCUT2D eigenvalue weighted by molar-refractivity contribution is 0.102. The quantitative estimate of drug-likeness (QED) is 0.419. The van der Waals surface area contributed by atoms with Crippen LogP contribution in [0.4, 0.5) is 5.69 Å². The van der Waals surface area contributed by atoms with E-state index in [-0.39, 0.29) is 11.6 Å². The van der Waals surface area contributed by atoms with E-state index in [2.05, 4.69) is 20.6 Å². The van der Waals surface area contributed by atoms with Crippen molar-refractivity contribution in [1.29, 1.82) is 0 Å². The van der Waals surface area contributed by atoms with Crippen LogP contribution in [-0.2, 0) is 6.54 Å². The molecular weight excluding hydrogens is 438 g/mol. The van der Waals surface area contributed by atoms with Crippen LogP contribution in [0.5, 0.6) is 17.2 Å². The number of aromatic nitrogens is 4. The molecule has 34 heavy (non-hydrogen) atoms. The minimum absolute atomic E-state index is 0.231. The van der Waals surface area contributed by atoms with Crippen LogP contribution in [0.2, 0.25) is 0 Å². The lowest BCUT2D eigenvalue weighted by Gasteiger charge is -2.07. The zero-order valence-corrected chi connectivity index (χ0v) is 19.6. The highest BCUT2D eigenvalue weighted by molar-refractivity contribution is 6.03. The predicted molar refractivity (Wildman–Crippen MR) is 125 cm³/mol. The van der Waals surface area contributed by atoms with Crippen molar-refractivity contribution in [1.82, 2.24) is 20.0 Å². The second-order valence-corrected chi connectivity index (χ2v) is 7.45. The second-order valence-electron chi connectivity index (χ2n) is 7.45. The van der Waals surface area contributed by atoms with Gasteiger partial charge in [-0.15, -0.1) is 5.10 Å². The molecule has 0 fully saturated rings. The number of methoxy groups -OCH3 is 3. The van der Waals surface area contributed by atoms with Gasteiger partial charge in [0.2, 0.25) is 5.89 Å². The van der Waals surface area contributed by atoms with E-state index in [1.54, 1.807) is 63.3 Å². The molecule has 0 aliphatic heterocycles. The largest absolute Gasteiger partial charge is 0.497 e. The first-order chi connectivity index (χ1) is 16.4. The van der Waals surface area contributed by atoms with Crippen LogP contribution in [0.25, 0.3) is 11.5 Å². The van der Waals surface area contributed by atoms with E-state index in [4.69, 9.17) is 18.6 Å². The van der Waals surface area contributed by atoms with Gasteiger partial charge in [-0.2, -0.15) is 0 Å². The fourth-order valence-corrected chi connectivity index (χ4v) is 3.39. The first-order valence-electron chi connectivity index (χ1n) is 10.5. The summed E-state index contributed by atoms with van der Waals surface area (Å²) in [6.45, 7) is 3.90. The van der Waals surface area contributed by atoms with Crippen LogP contribution in [0, 0.1) is 13.8 Å². The van der Waals surface area contributed by atoms with E-state index in [9.17, 15) is 4.79 Å².